The van der Waals surface area contributed by atoms with E-state index in [2.05, 4.69) is 31.5 Å². The Labute approximate surface area is 212 Å². The van der Waals surface area contributed by atoms with Gasteiger partial charge in [-0.05, 0) is 62.3 Å². The van der Waals surface area contributed by atoms with Crippen molar-refractivity contribution in [1.29, 1.82) is 0 Å². The molecule has 11 nitrogen and oxygen atoms in total. The van der Waals surface area contributed by atoms with Crippen LogP contribution in [0.2, 0.25) is 0 Å². The maximum atomic E-state index is 12.4. The Balaban J connectivity index is 1.30. The average Bonchev–Trinajstić information content (AvgIpc) is 3.60. The van der Waals surface area contributed by atoms with Crippen LogP contribution in [0.1, 0.15) is 19.8 Å². The van der Waals surface area contributed by atoms with Crippen molar-refractivity contribution in [3.05, 3.63) is 36.5 Å². The molecule has 3 heterocycles. The Hall–Kier alpha value is -3.16. The topological polar surface area (TPSA) is 120 Å². The molecule has 0 radical (unpaired) electrons. The van der Waals surface area contributed by atoms with Crippen LogP contribution < -0.4 is 20.9 Å². The molecule has 1 atom stereocenters. The van der Waals surface area contributed by atoms with Crippen molar-refractivity contribution in [2.24, 2.45) is 7.05 Å². The van der Waals surface area contributed by atoms with Crippen LogP contribution in [0.5, 0.6) is 5.75 Å². The van der Waals surface area contributed by atoms with Crippen LogP contribution in [0.4, 0.5) is 5.69 Å². The number of aryl methyl sites for hydroxylation is 1. The van der Waals surface area contributed by atoms with E-state index < -0.39 is 0 Å². The molecule has 4 rings (SSSR count). The fourth-order valence-electron chi connectivity index (χ4n) is 3.53. The third kappa shape index (κ3) is 6.93. The summed E-state index contributed by atoms with van der Waals surface area (Å²) in [4.78, 5) is 12.4. The second-order valence-corrected chi connectivity index (χ2v) is 9.15. The number of carbonyl (C=O) groups excluding carboxylic acids is 1. The van der Waals surface area contributed by atoms with Crippen molar-refractivity contribution in [3.8, 4) is 17.3 Å². The number of amides is 1. The molecule has 1 amide bonds. The Morgan fingerprint density at radius 2 is 2.09 bits per heavy atom. The fourth-order valence-corrected chi connectivity index (χ4v) is 4.45. The predicted octanol–water partition coefficient (Wildman–Crippen LogP) is 2.37. The lowest BCUT2D eigenvalue weighted by Crippen LogP contribution is -2.44. The van der Waals surface area contributed by atoms with Crippen LogP contribution in [0, 0.1) is 0 Å². The van der Waals surface area contributed by atoms with Gasteiger partial charge >= 0.3 is 0 Å². The quantitative estimate of drug-likeness (QED) is 0.222. The molecule has 3 aromatic rings. The number of aromatic nitrogens is 5. The maximum Gasteiger partial charge on any atom is 0.248 e. The lowest BCUT2D eigenvalue weighted by Gasteiger charge is -2.14. The molecule has 2 aromatic heterocycles. The van der Waals surface area contributed by atoms with Gasteiger partial charge in [0.15, 0.2) is 16.1 Å². The molecule has 13 heteroatoms. The molecule has 1 saturated heterocycles. The lowest BCUT2D eigenvalue weighted by molar-refractivity contribution is -0.119. The molecule has 1 aliphatic heterocycles. The number of hydrogen-bond acceptors (Lipinski definition) is 8. The molecule has 0 saturated carbocycles. The predicted molar refractivity (Wildman–Crippen MR) is 137 cm³/mol. The largest absolute Gasteiger partial charge is 0.494 e. The Bertz CT molecular complexity index is 1140. The summed E-state index contributed by atoms with van der Waals surface area (Å²) in [6.45, 7) is 3.90. The highest BCUT2D eigenvalue weighted by Crippen LogP contribution is 2.25. The number of carbonyl (C=O) groups is 1. The average molecular weight is 517 g/mol. The van der Waals surface area contributed by atoms with Crippen LogP contribution in [0.15, 0.2) is 41.7 Å². The van der Waals surface area contributed by atoms with Crippen molar-refractivity contribution < 1.29 is 14.3 Å². The molecule has 1 fully saturated rings. The van der Waals surface area contributed by atoms with Gasteiger partial charge in [-0.3, -0.25) is 24.9 Å². The van der Waals surface area contributed by atoms with Gasteiger partial charge in [-0.1, -0.05) is 11.8 Å². The highest BCUT2D eigenvalue weighted by molar-refractivity contribution is 7.99. The summed E-state index contributed by atoms with van der Waals surface area (Å²) in [5.74, 6) is 1.31. The zero-order valence-electron chi connectivity index (χ0n) is 19.6. The third-order valence-electron chi connectivity index (χ3n) is 5.14. The van der Waals surface area contributed by atoms with E-state index in [-0.39, 0.29) is 22.9 Å². The SMILES string of the molecule is CCOc1ccc(NC(=S)NNC(=O)CSc2nnc(-c3ccn(C)n3)n2C[C@H]2CCCO2)cc1. The smallest absolute Gasteiger partial charge is 0.248 e. The van der Waals surface area contributed by atoms with Crippen LogP contribution in [-0.2, 0) is 23.1 Å². The van der Waals surface area contributed by atoms with Gasteiger partial charge in [0, 0.05) is 25.5 Å². The number of thiocarbonyl (C=S) groups is 1. The number of anilines is 1. The highest BCUT2D eigenvalue weighted by Gasteiger charge is 2.23. The van der Waals surface area contributed by atoms with E-state index in [1.165, 1.54) is 11.8 Å². The summed E-state index contributed by atoms with van der Waals surface area (Å²) in [5.41, 5.74) is 6.82. The van der Waals surface area contributed by atoms with E-state index >= 15 is 0 Å². The number of hydrazine groups is 1. The van der Waals surface area contributed by atoms with Crippen LogP contribution in [0.25, 0.3) is 11.5 Å². The molecule has 0 unspecified atom stereocenters. The zero-order chi connectivity index (χ0) is 24.6. The number of nitrogens with one attached hydrogen (secondary N) is 3. The maximum absolute atomic E-state index is 12.4. The van der Waals surface area contributed by atoms with Crippen molar-refractivity contribution in [3.63, 3.8) is 0 Å². The number of ether oxygens (including phenoxy) is 2. The summed E-state index contributed by atoms with van der Waals surface area (Å²) < 4.78 is 14.9. The molecule has 186 valence electrons. The van der Waals surface area contributed by atoms with Gasteiger partial charge in [0.2, 0.25) is 5.91 Å². The number of benzene rings is 1. The van der Waals surface area contributed by atoms with E-state index in [1.54, 1.807) is 4.68 Å². The van der Waals surface area contributed by atoms with E-state index in [0.717, 1.165) is 36.6 Å². The Morgan fingerprint density at radius 1 is 1.26 bits per heavy atom. The first kappa shape index (κ1) is 24.9. The van der Waals surface area contributed by atoms with E-state index in [4.69, 9.17) is 21.7 Å². The minimum atomic E-state index is -0.253. The minimum absolute atomic E-state index is 0.0920. The van der Waals surface area contributed by atoms with Gasteiger partial charge < -0.3 is 14.8 Å². The zero-order valence-corrected chi connectivity index (χ0v) is 21.2. The van der Waals surface area contributed by atoms with Crippen molar-refractivity contribution >= 4 is 40.7 Å². The molecule has 1 aliphatic rings. The van der Waals surface area contributed by atoms with Crippen LogP contribution in [0.3, 0.4) is 0 Å². The Morgan fingerprint density at radius 3 is 2.77 bits per heavy atom. The normalized spacial score (nSPS) is 15.1. The number of hydrogen-bond donors (Lipinski definition) is 3. The van der Waals surface area contributed by atoms with E-state index in [9.17, 15) is 4.79 Å². The van der Waals surface area contributed by atoms with Crippen molar-refractivity contribution in [2.45, 2.75) is 37.6 Å². The standard InChI is InChI=1S/C22H28N8O3S2/c1-3-32-16-8-6-15(7-9-16)23-21(34)26-24-19(31)14-35-22-27-25-20(18-10-11-29(2)28-18)30(22)13-17-5-4-12-33-17/h6-11,17H,3-5,12-14H2,1-2H3,(H,24,31)(H2,23,26,34)/t17-/m1/s1. The van der Waals surface area contributed by atoms with Gasteiger partial charge in [0.05, 0.1) is 25.0 Å². The van der Waals surface area contributed by atoms with Crippen molar-refractivity contribution in [1.82, 2.24) is 35.4 Å². The molecule has 0 spiro atoms. The first-order chi connectivity index (χ1) is 17.0. The van der Waals surface area contributed by atoms with Gasteiger partial charge in [0.1, 0.15) is 11.4 Å². The van der Waals surface area contributed by atoms with Crippen molar-refractivity contribution in [2.75, 3.05) is 24.3 Å². The van der Waals surface area contributed by atoms with Crippen LogP contribution in [-0.4, -0.2) is 60.6 Å². The minimum Gasteiger partial charge on any atom is -0.494 e. The van der Waals surface area contributed by atoms with Crippen LogP contribution >= 0.6 is 24.0 Å². The molecule has 3 N–H and O–H groups in total. The number of thioether (sulfide) groups is 1. The summed E-state index contributed by atoms with van der Waals surface area (Å²) >= 11 is 6.54. The summed E-state index contributed by atoms with van der Waals surface area (Å²) in [7, 11) is 1.85. The number of rotatable bonds is 9. The molecule has 0 bridgehead atoms. The fraction of sp³-hybridized carbons (Fsp3) is 0.409. The second-order valence-electron chi connectivity index (χ2n) is 7.80. The first-order valence-electron chi connectivity index (χ1n) is 11.3. The van der Waals surface area contributed by atoms with Gasteiger partial charge in [-0.2, -0.15) is 5.10 Å². The monoisotopic (exact) mass is 516 g/mol. The summed E-state index contributed by atoms with van der Waals surface area (Å²) in [6.07, 6.45) is 3.96. The highest BCUT2D eigenvalue weighted by atomic mass is 32.2. The summed E-state index contributed by atoms with van der Waals surface area (Å²) in [6, 6.07) is 9.26. The molecular formula is C22H28N8O3S2. The third-order valence-corrected chi connectivity index (χ3v) is 6.31. The molecule has 0 aliphatic carbocycles. The molecule has 35 heavy (non-hydrogen) atoms. The number of nitrogens with zero attached hydrogens (tertiary/aromatic N) is 5. The molecule has 1 aromatic carbocycles. The van der Waals surface area contributed by atoms with E-state index in [1.807, 2.05) is 55.1 Å². The van der Waals surface area contributed by atoms with Gasteiger partial charge in [0.25, 0.3) is 0 Å². The van der Waals surface area contributed by atoms with Gasteiger partial charge in [-0.15, -0.1) is 10.2 Å². The Kier molecular flexibility index (Phi) is 8.55. The van der Waals surface area contributed by atoms with Gasteiger partial charge in [-0.25, -0.2) is 0 Å². The summed E-state index contributed by atoms with van der Waals surface area (Å²) in [5, 5.41) is 17.0. The second kappa shape index (κ2) is 12.0. The first-order valence-corrected chi connectivity index (χ1v) is 12.7. The van der Waals surface area contributed by atoms with E-state index in [0.29, 0.717) is 24.1 Å². The molecular weight excluding hydrogens is 488 g/mol. The lowest BCUT2D eigenvalue weighted by atomic mass is 10.2.